The molecule has 0 amide bonds. The summed E-state index contributed by atoms with van der Waals surface area (Å²) in [5.41, 5.74) is 2.16. The van der Waals surface area contributed by atoms with Gasteiger partial charge in [0.05, 0.1) is 16.8 Å². The third kappa shape index (κ3) is 3.87. The van der Waals surface area contributed by atoms with Gasteiger partial charge in [-0.05, 0) is 55.5 Å². The van der Waals surface area contributed by atoms with Crippen LogP contribution in [0.3, 0.4) is 0 Å². The maximum Gasteiger partial charge on any atom is 0.263 e. The van der Waals surface area contributed by atoms with E-state index < -0.39 is 10.0 Å². The normalized spacial score (nSPS) is 15.3. The van der Waals surface area contributed by atoms with Gasteiger partial charge in [0.25, 0.3) is 10.0 Å². The lowest BCUT2D eigenvalue weighted by Gasteiger charge is -2.28. The Morgan fingerprint density at radius 2 is 1.75 bits per heavy atom. The van der Waals surface area contributed by atoms with E-state index in [1.54, 1.807) is 24.4 Å². The summed E-state index contributed by atoms with van der Waals surface area (Å²) in [6, 6.07) is 10.6. The summed E-state index contributed by atoms with van der Waals surface area (Å²) in [4.78, 5) is 6.81. The average molecular weight is 345 g/mol. The number of anilines is 2. The van der Waals surface area contributed by atoms with Crippen molar-refractivity contribution in [1.29, 1.82) is 0 Å². The van der Waals surface area contributed by atoms with Gasteiger partial charge in [-0.2, -0.15) is 0 Å². The van der Waals surface area contributed by atoms with E-state index in [2.05, 4.69) is 14.6 Å². The first kappa shape index (κ1) is 16.8. The third-order valence-electron chi connectivity index (χ3n) is 4.35. The lowest BCUT2D eigenvalue weighted by molar-refractivity contribution is 0.577. The zero-order valence-electron chi connectivity index (χ0n) is 13.9. The molecule has 0 radical (unpaired) electrons. The van der Waals surface area contributed by atoms with Gasteiger partial charge in [-0.25, -0.2) is 13.4 Å². The number of pyridine rings is 1. The van der Waals surface area contributed by atoms with E-state index in [4.69, 9.17) is 0 Å². The summed E-state index contributed by atoms with van der Waals surface area (Å²) in [5.74, 6) is 0.343. The van der Waals surface area contributed by atoms with Crippen molar-refractivity contribution < 1.29 is 8.42 Å². The van der Waals surface area contributed by atoms with Gasteiger partial charge in [-0.3, -0.25) is 4.72 Å². The molecule has 1 aromatic heterocycles. The van der Waals surface area contributed by atoms with Crippen LogP contribution in [0.2, 0.25) is 0 Å². The van der Waals surface area contributed by atoms with Gasteiger partial charge in [0.2, 0.25) is 0 Å². The highest BCUT2D eigenvalue weighted by molar-refractivity contribution is 7.92. The Morgan fingerprint density at radius 3 is 2.33 bits per heavy atom. The maximum atomic E-state index is 12.4. The SMILES string of the molecule is CCc1ccc(S(=O)(=O)Nc2ccc(N3CCCCC3)cn2)cc1. The summed E-state index contributed by atoms with van der Waals surface area (Å²) in [5, 5.41) is 0. The number of sulfonamides is 1. The molecule has 1 aliphatic heterocycles. The lowest BCUT2D eigenvalue weighted by Crippen LogP contribution is -2.29. The number of hydrogen-bond donors (Lipinski definition) is 1. The second-order valence-electron chi connectivity index (χ2n) is 6.05. The van der Waals surface area contributed by atoms with Crippen LogP contribution in [-0.4, -0.2) is 26.5 Å². The molecule has 2 aromatic rings. The second-order valence-corrected chi connectivity index (χ2v) is 7.73. The molecule has 0 atom stereocenters. The summed E-state index contributed by atoms with van der Waals surface area (Å²) < 4.78 is 27.4. The van der Waals surface area contributed by atoms with Crippen molar-refractivity contribution in [3.8, 4) is 0 Å². The molecule has 6 heteroatoms. The molecule has 0 aliphatic carbocycles. The number of rotatable bonds is 5. The molecule has 128 valence electrons. The molecule has 0 saturated carbocycles. The molecule has 0 spiro atoms. The molecule has 2 heterocycles. The van der Waals surface area contributed by atoms with Crippen molar-refractivity contribution >= 4 is 21.5 Å². The van der Waals surface area contributed by atoms with Crippen LogP contribution in [0.15, 0.2) is 47.5 Å². The van der Waals surface area contributed by atoms with Gasteiger partial charge in [0.15, 0.2) is 0 Å². The van der Waals surface area contributed by atoms with Crippen molar-refractivity contribution in [1.82, 2.24) is 4.98 Å². The summed E-state index contributed by atoms with van der Waals surface area (Å²) >= 11 is 0. The number of aromatic nitrogens is 1. The molecule has 5 nitrogen and oxygen atoms in total. The van der Waals surface area contributed by atoms with Gasteiger partial charge < -0.3 is 4.90 Å². The van der Waals surface area contributed by atoms with Gasteiger partial charge >= 0.3 is 0 Å². The Hall–Kier alpha value is -2.08. The highest BCUT2D eigenvalue weighted by Gasteiger charge is 2.16. The quantitative estimate of drug-likeness (QED) is 0.902. The van der Waals surface area contributed by atoms with E-state index in [-0.39, 0.29) is 4.90 Å². The Bertz CT molecular complexity index is 765. The molecule has 1 fully saturated rings. The highest BCUT2D eigenvalue weighted by atomic mass is 32.2. The molecular weight excluding hydrogens is 322 g/mol. The standard InChI is InChI=1S/C18H23N3O2S/c1-2-15-6-9-17(10-7-15)24(22,23)20-18-11-8-16(14-19-18)21-12-4-3-5-13-21/h6-11,14H,2-5,12-13H2,1H3,(H,19,20). The van der Waals surface area contributed by atoms with Gasteiger partial charge in [-0.15, -0.1) is 0 Å². The largest absolute Gasteiger partial charge is 0.370 e. The van der Waals surface area contributed by atoms with Crippen molar-refractivity contribution in [2.75, 3.05) is 22.7 Å². The van der Waals surface area contributed by atoms with E-state index in [0.29, 0.717) is 5.82 Å². The Kier molecular flexibility index (Phi) is 5.04. The van der Waals surface area contributed by atoms with Crippen LogP contribution >= 0.6 is 0 Å². The topological polar surface area (TPSA) is 62.3 Å². The smallest absolute Gasteiger partial charge is 0.263 e. The fourth-order valence-corrected chi connectivity index (χ4v) is 3.89. The fourth-order valence-electron chi connectivity index (χ4n) is 2.89. The predicted octanol–water partition coefficient (Wildman–Crippen LogP) is 3.44. The van der Waals surface area contributed by atoms with Crippen LogP contribution in [0.1, 0.15) is 31.7 Å². The van der Waals surface area contributed by atoms with Crippen molar-refractivity contribution in [2.24, 2.45) is 0 Å². The number of piperidine rings is 1. The maximum absolute atomic E-state index is 12.4. The Balaban J connectivity index is 1.72. The summed E-state index contributed by atoms with van der Waals surface area (Å²) in [6.07, 6.45) is 6.29. The summed E-state index contributed by atoms with van der Waals surface area (Å²) in [7, 11) is -3.60. The fraction of sp³-hybridized carbons (Fsp3) is 0.389. The van der Waals surface area contributed by atoms with E-state index in [0.717, 1.165) is 30.8 Å². The van der Waals surface area contributed by atoms with Crippen LogP contribution in [-0.2, 0) is 16.4 Å². The van der Waals surface area contributed by atoms with Gasteiger partial charge in [0, 0.05) is 13.1 Å². The molecule has 1 aliphatic rings. The number of nitrogens with one attached hydrogen (secondary N) is 1. The van der Waals surface area contributed by atoms with Crippen molar-refractivity contribution in [3.05, 3.63) is 48.2 Å². The molecule has 24 heavy (non-hydrogen) atoms. The molecule has 0 bridgehead atoms. The van der Waals surface area contributed by atoms with Crippen LogP contribution in [0.25, 0.3) is 0 Å². The predicted molar refractivity (Wildman–Crippen MR) is 96.9 cm³/mol. The van der Waals surface area contributed by atoms with E-state index in [1.807, 2.05) is 25.1 Å². The van der Waals surface area contributed by atoms with Crippen LogP contribution < -0.4 is 9.62 Å². The Labute approximate surface area is 143 Å². The zero-order valence-corrected chi connectivity index (χ0v) is 14.7. The minimum atomic E-state index is -3.60. The number of nitrogens with zero attached hydrogens (tertiary/aromatic N) is 2. The summed E-state index contributed by atoms with van der Waals surface area (Å²) in [6.45, 7) is 4.11. The highest BCUT2D eigenvalue weighted by Crippen LogP contribution is 2.21. The number of hydrogen-bond acceptors (Lipinski definition) is 4. The van der Waals surface area contributed by atoms with Gasteiger partial charge in [-0.1, -0.05) is 19.1 Å². The molecule has 1 aromatic carbocycles. The van der Waals surface area contributed by atoms with Gasteiger partial charge in [0.1, 0.15) is 5.82 Å². The lowest BCUT2D eigenvalue weighted by atomic mass is 10.1. The van der Waals surface area contributed by atoms with Crippen LogP contribution in [0, 0.1) is 0 Å². The molecular formula is C18H23N3O2S. The van der Waals surface area contributed by atoms with Crippen molar-refractivity contribution in [3.63, 3.8) is 0 Å². The van der Waals surface area contributed by atoms with E-state index in [9.17, 15) is 8.42 Å². The minimum absolute atomic E-state index is 0.251. The first-order chi connectivity index (χ1) is 11.6. The monoisotopic (exact) mass is 345 g/mol. The average Bonchev–Trinajstić information content (AvgIpc) is 2.63. The second kappa shape index (κ2) is 7.21. The molecule has 0 unspecified atom stereocenters. The first-order valence-corrected chi connectivity index (χ1v) is 9.89. The molecule has 1 saturated heterocycles. The molecule has 3 rings (SSSR count). The van der Waals surface area contributed by atoms with Crippen LogP contribution in [0.5, 0.6) is 0 Å². The van der Waals surface area contributed by atoms with E-state index >= 15 is 0 Å². The first-order valence-electron chi connectivity index (χ1n) is 8.41. The number of benzene rings is 1. The van der Waals surface area contributed by atoms with E-state index in [1.165, 1.54) is 19.3 Å². The van der Waals surface area contributed by atoms with Crippen LogP contribution in [0.4, 0.5) is 11.5 Å². The third-order valence-corrected chi connectivity index (χ3v) is 5.72. The van der Waals surface area contributed by atoms with Crippen molar-refractivity contribution in [2.45, 2.75) is 37.5 Å². The minimum Gasteiger partial charge on any atom is -0.370 e. The zero-order chi connectivity index (χ0) is 17.0. The molecule has 1 N–H and O–H groups in total. The Morgan fingerprint density at radius 1 is 1.04 bits per heavy atom. The number of aryl methyl sites for hydroxylation is 1.